The molecule has 0 heterocycles. The maximum Gasteiger partial charge on any atom is 0.126 e. The number of phenolic OH excluding ortho intramolecular Hbond substituents is 1. The molecule has 0 aliphatic heterocycles. The lowest BCUT2D eigenvalue weighted by Crippen LogP contribution is -2.07. The van der Waals surface area contributed by atoms with Crippen LogP contribution in [0.25, 0.3) is 0 Å². The van der Waals surface area contributed by atoms with Gasteiger partial charge in [0.15, 0.2) is 0 Å². The van der Waals surface area contributed by atoms with E-state index in [9.17, 15) is 13.9 Å². The van der Waals surface area contributed by atoms with Gasteiger partial charge in [-0.2, -0.15) is 0 Å². The summed E-state index contributed by atoms with van der Waals surface area (Å²) in [6.45, 7) is 1.76. The Morgan fingerprint density at radius 2 is 1.74 bits per heavy atom. The highest BCUT2D eigenvalue weighted by Gasteiger charge is 2.12. The van der Waals surface area contributed by atoms with Crippen LogP contribution in [0.5, 0.6) is 5.75 Å². The van der Waals surface area contributed by atoms with E-state index >= 15 is 0 Å². The van der Waals surface area contributed by atoms with E-state index in [2.05, 4.69) is 5.32 Å². The summed E-state index contributed by atoms with van der Waals surface area (Å²) in [4.78, 5) is 0. The minimum absolute atomic E-state index is 0.160. The first-order chi connectivity index (χ1) is 8.97. The van der Waals surface area contributed by atoms with Crippen molar-refractivity contribution < 1.29 is 13.9 Å². The number of aromatic hydroxyl groups is 1. The van der Waals surface area contributed by atoms with Crippen LogP contribution in [0.4, 0.5) is 14.5 Å². The molecule has 0 amide bonds. The Morgan fingerprint density at radius 3 is 2.42 bits per heavy atom. The molecule has 0 aliphatic rings. The first-order valence-electron chi connectivity index (χ1n) is 5.67. The molecule has 2 rings (SSSR count). The third-order valence-corrected chi connectivity index (χ3v) is 3.09. The molecule has 2 aromatic carbocycles. The Balaban J connectivity index is 2.25. The summed E-state index contributed by atoms with van der Waals surface area (Å²) < 4.78 is 26.0. The zero-order valence-electron chi connectivity index (χ0n) is 10.1. The minimum Gasteiger partial charge on any atom is -0.507 e. The molecule has 100 valence electrons. The normalized spacial score (nSPS) is 12.2. The van der Waals surface area contributed by atoms with E-state index in [-0.39, 0.29) is 11.8 Å². The maximum atomic E-state index is 13.1. The highest BCUT2D eigenvalue weighted by atomic mass is 35.5. The van der Waals surface area contributed by atoms with E-state index in [4.69, 9.17) is 11.6 Å². The number of phenols is 1. The summed E-state index contributed by atoms with van der Waals surface area (Å²) in [5.74, 6) is -1.09. The van der Waals surface area contributed by atoms with Gasteiger partial charge in [0.2, 0.25) is 0 Å². The Kier molecular flexibility index (Phi) is 3.90. The number of benzene rings is 2. The number of hydrogen-bond donors (Lipinski definition) is 2. The molecule has 2 nitrogen and oxygen atoms in total. The van der Waals surface area contributed by atoms with Crippen molar-refractivity contribution in [2.75, 3.05) is 5.32 Å². The van der Waals surface area contributed by atoms with Crippen molar-refractivity contribution >= 4 is 17.3 Å². The summed E-state index contributed by atoms with van der Waals surface area (Å²) >= 11 is 5.94. The van der Waals surface area contributed by atoms with Crippen molar-refractivity contribution in [2.45, 2.75) is 13.0 Å². The highest BCUT2D eigenvalue weighted by Crippen LogP contribution is 2.30. The van der Waals surface area contributed by atoms with Gasteiger partial charge in [-0.15, -0.1) is 0 Å². The second-order valence-electron chi connectivity index (χ2n) is 4.19. The molecule has 0 saturated carbocycles. The molecule has 1 unspecified atom stereocenters. The van der Waals surface area contributed by atoms with Crippen molar-refractivity contribution in [3.05, 3.63) is 58.6 Å². The Hall–Kier alpha value is -1.81. The fourth-order valence-corrected chi connectivity index (χ4v) is 1.97. The first-order valence-corrected chi connectivity index (χ1v) is 6.05. The smallest absolute Gasteiger partial charge is 0.126 e. The second kappa shape index (κ2) is 5.45. The highest BCUT2D eigenvalue weighted by molar-refractivity contribution is 6.33. The van der Waals surface area contributed by atoms with Crippen molar-refractivity contribution in [3.63, 3.8) is 0 Å². The molecule has 1 atom stereocenters. The summed E-state index contributed by atoms with van der Waals surface area (Å²) in [7, 11) is 0. The molecule has 0 radical (unpaired) electrons. The first kappa shape index (κ1) is 13.6. The van der Waals surface area contributed by atoms with E-state index in [0.29, 0.717) is 16.3 Å². The molecule has 0 spiro atoms. The van der Waals surface area contributed by atoms with Crippen molar-refractivity contribution in [1.82, 2.24) is 0 Å². The maximum absolute atomic E-state index is 13.1. The Labute approximate surface area is 114 Å². The number of hydrogen-bond acceptors (Lipinski definition) is 2. The van der Waals surface area contributed by atoms with Gasteiger partial charge in [-0.25, -0.2) is 8.78 Å². The van der Waals surface area contributed by atoms with Crippen LogP contribution in [-0.2, 0) is 0 Å². The third kappa shape index (κ3) is 3.15. The van der Waals surface area contributed by atoms with Gasteiger partial charge in [0, 0.05) is 11.6 Å². The Bertz CT molecular complexity index is 604. The molecule has 0 saturated heterocycles. The van der Waals surface area contributed by atoms with Gasteiger partial charge in [-0.05, 0) is 31.2 Å². The predicted molar refractivity (Wildman–Crippen MR) is 71.5 cm³/mol. The van der Waals surface area contributed by atoms with Crippen LogP contribution in [0.1, 0.15) is 18.5 Å². The van der Waals surface area contributed by atoms with Gasteiger partial charge in [0.1, 0.15) is 17.4 Å². The van der Waals surface area contributed by atoms with Gasteiger partial charge >= 0.3 is 0 Å². The molecular weight excluding hydrogens is 272 g/mol. The van der Waals surface area contributed by atoms with E-state index in [1.165, 1.54) is 30.3 Å². The topological polar surface area (TPSA) is 32.3 Å². The van der Waals surface area contributed by atoms with Gasteiger partial charge in [0.25, 0.3) is 0 Å². The SMILES string of the molecule is CC(Nc1cc(F)ccc1Cl)c1ccc(F)cc1O. The van der Waals surface area contributed by atoms with Crippen LogP contribution in [0.2, 0.25) is 5.02 Å². The van der Waals surface area contributed by atoms with E-state index in [0.717, 1.165) is 6.07 Å². The lowest BCUT2D eigenvalue weighted by atomic mass is 10.1. The lowest BCUT2D eigenvalue weighted by molar-refractivity contribution is 0.459. The molecule has 0 bridgehead atoms. The number of rotatable bonds is 3. The van der Waals surface area contributed by atoms with Gasteiger partial charge in [0.05, 0.1) is 16.8 Å². The van der Waals surface area contributed by atoms with E-state index in [1.807, 2.05) is 0 Å². The summed E-state index contributed by atoms with van der Waals surface area (Å²) in [5, 5.41) is 13.0. The zero-order valence-corrected chi connectivity index (χ0v) is 10.9. The predicted octanol–water partition coefficient (Wildman–Crippen LogP) is 4.50. The quantitative estimate of drug-likeness (QED) is 0.869. The van der Waals surface area contributed by atoms with Crippen LogP contribution in [0.3, 0.4) is 0 Å². The molecule has 2 N–H and O–H groups in total. The molecule has 5 heteroatoms. The molecule has 2 aromatic rings. The standard InChI is InChI=1S/C14H12ClF2NO/c1-8(11-4-2-10(17)7-14(11)19)18-13-6-9(16)3-5-12(13)15/h2-8,18-19H,1H3. The fraction of sp³-hybridized carbons (Fsp3) is 0.143. The zero-order chi connectivity index (χ0) is 14.0. The molecule has 0 fully saturated rings. The number of halogens is 3. The summed E-state index contributed by atoms with van der Waals surface area (Å²) in [5.41, 5.74) is 0.916. The fourth-order valence-electron chi connectivity index (χ4n) is 1.80. The average Bonchev–Trinajstić information content (AvgIpc) is 2.33. The van der Waals surface area contributed by atoms with Crippen LogP contribution in [0.15, 0.2) is 36.4 Å². The molecule has 19 heavy (non-hydrogen) atoms. The minimum atomic E-state index is -0.516. The van der Waals surface area contributed by atoms with Gasteiger partial charge < -0.3 is 10.4 Å². The monoisotopic (exact) mass is 283 g/mol. The lowest BCUT2D eigenvalue weighted by Gasteiger charge is -2.18. The van der Waals surface area contributed by atoms with E-state index in [1.54, 1.807) is 6.92 Å². The van der Waals surface area contributed by atoms with Crippen LogP contribution in [0, 0.1) is 11.6 Å². The largest absolute Gasteiger partial charge is 0.507 e. The molecule has 0 aliphatic carbocycles. The molecular formula is C14H12ClF2NO. The van der Waals surface area contributed by atoms with Crippen LogP contribution >= 0.6 is 11.6 Å². The summed E-state index contributed by atoms with van der Waals surface area (Å²) in [6, 6.07) is 7.36. The average molecular weight is 284 g/mol. The molecule has 0 aromatic heterocycles. The van der Waals surface area contributed by atoms with Crippen molar-refractivity contribution in [3.8, 4) is 5.75 Å². The number of anilines is 1. The Morgan fingerprint density at radius 1 is 1.11 bits per heavy atom. The van der Waals surface area contributed by atoms with Crippen molar-refractivity contribution in [2.24, 2.45) is 0 Å². The third-order valence-electron chi connectivity index (χ3n) is 2.76. The van der Waals surface area contributed by atoms with Crippen molar-refractivity contribution in [1.29, 1.82) is 0 Å². The van der Waals surface area contributed by atoms with E-state index < -0.39 is 11.6 Å². The number of nitrogens with one attached hydrogen (secondary N) is 1. The summed E-state index contributed by atoms with van der Waals surface area (Å²) in [6.07, 6.45) is 0. The van der Waals surface area contributed by atoms with Gasteiger partial charge in [-0.1, -0.05) is 17.7 Å². The van der Waals surface area contributed by atoms with Gasteiger partial charge in [-0.3, -0.25) is 0 Å². The second-order valence-corrected chi connectivity index (χ2v) is 4.60. The van der Waals surface area contributed by atoms with Crippen LogP contribution in [-0.4, -0.2) is 5.11 Å². The van der Waals surface area contributed by atoms with Crippen LogP contribution < -0.4 is 5.32 Å².